The van der Waals surface area contributed by atoms with E-state index < -0.39 is 0 Å². The van der Waals surface area contributed by atoms with Crippen molar-refractivity contribution in [3.63, 3.8) is 0 Å². The summed E-state index contributed by atoms with van der Waals surface area (Å²) in [6, 6.07) is 15.5. The van der Waals surface area contributed by atoms with Crippen molar-refractivity contribution < 1.29 is 5.11 Å². The fourth-order valence-electron chi connectivity index (χ4n) is 2.08. The average molecular weight is 242 g/mol. The maximum Gasteiger partial charge on any atom is 0.138 e. The topological polar surface area (TPSA) is 72.3 Å². The molecule has 0 aliphatic carbocycles. The molecule has 94 valence electrons. The number of hydrogen-bond acceptors (Lipinski definition) is 3. The first-order valence-corrected chi connectivity index (χ1v) is 6.03. The van der Waals surface area contributed by atoms with Gasteiger partial charge in [-0.15, -0.1) is 0 Å². The van der Waals surface area contributed by atoms with Gasteiger partial charge in [-0.05, 0) is 36.2 Å². The third-order valence-corrected chi connectivity index (χ3v) is 3.13. The van der Waals surface area contributed by atoms with E-state index in [1.54, 1.807) is 12.1 Å². The van der Waals surface area contributed by atoms with E-state index in [-0.39, 0.29) is 11.7 Å². The van der Waals surface area contributed by atoms with E-state index in [0.29, 0.717) is 12.2 Å². The molecule has 0 saturated carbocycles. The van der Waals surface area contributed by atoms with Gasteiger partial charge in [-0.25, -0.2) is 0 Å². The van der Waals surface area contributed by atoms with Gasteiger partial charge in [-0.3, -0.25) is 0 Å². The first kappa shape index (κ1) is 12.5. The molecule has 0 aromatic heterocycles. The molecule has 1 atom stereocenters. The van der Waals surface area contributed by atoms with E-state index in [0.717, 1.165) is 12.0 Å². The monoisotopic (exact) mass is 242 g/mol. The Balaban J connectivity index is 2.18. The standard InChI is InChI=1S/C15H18N2O/c16-10-13(12-4-2-1-3-5-12)8-11-6-7-15(18)14(17)9-11/h1-7,9,13,18H,8,10,16-17H2. The van der Waals surface area contributed by atoms with Crippen LogP contribution in [0.3, 0.4) is 0 Å². The lowest BCUT2D eigenvalue weighted by Gasteiger charge is -2.15. The molecule has 2 rings (SSSR count). The van der Waals surface area contributed by atoms with Gasteiger partial charge in [0.05, 0.1) is 5.69 Å². The van der Waals surface area contributed by atoms with Crippen LogP contribution < -0.4 is 11.5 Å². The molecule has 0 saturated heterocycles. The molecule has 0 aliphatic rings. The maximum absolute atomic E-state index is 9.40. The van der Waals surface area contributed by atoms with Gasteiger partial charge in [0.15, 0.2) is 0 Å². The zero-order valence-corrected chi connectivity index (χ0v) is 10.2. The van der Waals surface area contributed by atoms with Crippen LogP contribution in [0.5, 0.6) is 5.75 Å². The normalized spacial score (nSPS) is 12.3. The van der Waals surface area contributed by atoms with Crippen molar-refractivity contribution in [3.05, 3.63) is 59.7 Å². The summed E-state index contributed by atoms with van der Waals surface area (Å²) in [6.07, 6.45) is 0.824. The van der Waals surface area contributed by atoms with Crippen molar-refractivity contribution in [2.75, 3.05) is 12.3 Å². The second-order valence-corrected chi connectivity index (χ2v) is 4.44. The molecule has 1 unspecified atom stereocenters. The Bertz CT molecular complexity index is 511. The Morgan fingerprint density at radius 1 is 1.06 bits per heavy atom. The number of nitrogen functional groups attached to an aromatic ring is 1. The number of phenolic OH excluding ortho intramolecular Hbond substituents is 1. The van der Waals surface area contributed by atoms with Crippen LogP contribution >= 0.6 is 0 Å². The third-order valence-electron chi connectivity index (χ3n) is 3.13. The van der Waals surface area contributed by atoms with Gasteiger partial charge < -0.3 is 16.6 Å². The lowest BCUT2D eigenvalue weighted by atomic mass is 9.92. The number of rotatable bonds is 4. The predicted molar refractivity (Wildman–Crippen MR) is 74.5 cm³/mol. The Hall–Kier alpha value is -2.00. The highest BCUT2D eigenvalue weighted by atomic mass is 16.3. The summed E-state index contributed by atoms with van der Waals surface area (Å²) in [5.41, 5.74) is 14.3. The molecular formula is C15H18N2O. The van der Waals surface area contributed by atoms with Crippen molar-refractivity contribution >= 4 is 5.69 Å². The van der Waals surface area contributed by atoms with Gasteiger partial charge in [-0.2, -0.15) is 0 Å². The first-order chi connectivity index (χ1) is 8.70. The smallest absolute Gasteiger partial charge is 0.138 e. The molecule has 0 fully saturated rings. The Kier molecular flexibility index (Phi) is 3.85. The van der Waals surface area contributed by atoms with E-state index in [9.17, 15) is 5.11 Å². The highest BCUT2D eigenvalue weighted by Gasteiger charge is 2.11. The number of benzene rings is 2. The van der Waals surface area contributed by atoms with E-state index in [1.165, 1.54) is 5.56 Å². The predicted octanol–water partition coefficient (Wildman–Crippen LogP) is 2.26. The molecule has 0 amide bonds. The molecule has 0 radical (unpaired) electrons. The van der Waals surface area contributed by atoms with E-state index in [4.69, 9.17) is 11.5 Å². The van der Waals surface area contributed by atoms with Crippen LogP contribution in [0.4, 0.5) is 5.69 Å². The molecular weight excluding hydrogens is 224 g/mol. The molecule has 18 heavy (non-hydrogen) atoms. The lowest BCUT2D eigenvalue weighted by molar-refractivity contribution is 0.477. The van der Waals surface area contributed by atoms with Gasteiger partial charge >= 0.3 is 0 Å². The van der Waals surface area contributed by atoms with Crippen LogP contribution in [-0.4, -0.2) is 11.7 Å². The number of anilines is 1. The average Bonchev–Trinajstić information content (AvgIpc) is 2.41. The molecule has 0 heterocycles. The molecule has 3 heteroatoms. The highest BCUT2D eigenvalue weighted by molar-refractivity contribution is 5.53. The minimum absolute atomic E-state index is 0.128. The van der Waals surface area contributed by atoms with Crippen LogP contribution in [0.15, 0.2) is 48.5 Å². The molecule has 3 nitrogen and oxygen atoms in total. The summed E-state index contributed by atoms with van der Waals surface area (Å²) < 4.78 is 0. The number of phenols is 1. The molecule has 5 N–H and O–H groups in total. The quantitative estimate of drug-likeness (QED) is 0.569. The first-order valence-electron chi connectivity index (χ1n) is 6.03. The largest absolute Gasteiger partial charge is 0.506 e. The van der Waals surface area contributed by atoms with Crippen LogP contribution in [0.25, 0.3) is 0 Å². The van der Waals surface area contributed by atoms with Gasteiger partial charge in [0.2, 0.25) is 0 Å². The van der Waals surface area contributed by atoms with Crippen molar-refractivity contribution in [2.45, 2.75) is 12.3 Å². The number of nitrogens with two attached hydrogens (primary N) is 2. The van der Waals surface area contributed by atoms with Crippen molar-refractivity contribution in [1.29, 1.82) is 0 Å². The summed E-state index contributed by atoms with van der Waals surface area (Å²) >= 11 is 0. The van der Waals surface area contributed by atoms with Crippen LogP contribution in [-0.2, 0) is 6.42 Å². The minimum Gasteiger partial charge on any atom is -0.506 e. The van der Waals surface area contributed by atoms with Crippen molar-refractivity contribution in [2.24, 2.45) is 5.73 Å². The summed E-state index contributed by atoms with van der Waals surface area (Å²) in [4.78, 5) is 0. The Morgan fingerprint density at radius 2 is 1.78 bits per heavy atom. The van der Waals surface area contributed by atoms with Crippen LogP contribution in [0, 0.1) is 0 Å². The van der Waals surface area contributed by atoms with Crippen LogP contribution in [0.1, 0.15) is 17.0 Å². The molecule has 0 spiro atoms. The number of hydrogen-bond donors (Lipinski definition) is 3. The summed E-state index contributed by atoms with van der Waals surface area (Å²) in [6.45, 7) is 0.588. The molecule has 2 aromatic carbocycles. The number of aromatic hydroxyl groups is 1. The van der Waals surface area contributed by atoms with Crippen LogP contribution in [0.2, 0.25) is 0 Å². The third kappa shape index (κ3) is 2.81. The van der Waals surface area contributed by atoms with Gasteiger partial charge in [0.25, 0.3) is 0 Å². The van der Waals surface area contributed by atoms with Gasteiger partial charge in [-0.1, -0.05) is 36.4 Å². The minimum atomic E-state index is 0.128. The van der Waals surface area contributed by atoms with E-state index >= 15 is 0 Å². The van der Waals surface area contributed by atoms with Gasteiger partial charge in [0, 0.05) is 5.92 Å². The SMILES string of the molecule is NCC(Cc1ccc(O)c(N)c1)c1ccccc1. The summed E-state index contributed by atoms with van der Waals surface area (Å²) in [5.74, 6) is 0.401. The van der Waals surface area contributed by atoms with E-state index in [1.807, 2.05) is 24.3 Å². The molecule has 0 bridgehead atoms. The second-order valence-electron chi connectivity index (χ2n) is 4.44. The highest BCUT2D eigenvalue weighted by Crippen LogP contribution is 2.25. The zero-order chi connectivity index (χ0) is 13.0. The summed E-state index contributed by atoms with van der Waals surface area (Å²) in [7, 11) is 0. The fraction of sp³-hybridized carbons (Fsp3) is 0.200. The van der Waals surface area contributed by atoms with Crippen molar-refractivity contribution in [1.82, 2.24) is 0 Å². The Morgan fingerprint density at radius 3 is 2.39 bits per heavy atom. The van der Waals surface area contributed by atoms with Crippen molar-refractivity contribution in [3.8, 4) is 5.75 Å². The second kappa shape index (κ2) is 5.56. The van der Waals surface area contributed by atoms with E-state index in [2.05, 4.69) is 12.1 Å². The maximum atomic E-state index is 9.40. The van der Waals surface area contributed by atoms with Gasteiger partial charge in [0.1, 0.15) is 5.75 Å². The Labute approximate surface area is 107 Å². The molecule has 2 aromatic rings. The lowest BCUT2D eigenvalue weighted by Crippen LogP contribution is -2.15. The molecule has 0 aliphatic heterocycles. The zero-order valence-electron chi connectivity index (χ0n) is 10.2. The summed E-state index contributed by atoms with van der Waals surface area (Å²) in [5, 5.41) is 9.40. The fourth-order valence-corrected chi connectivity index (χ4v) is 2.08.